The standard InChI is InChI=1S/C11H18N2O3S.C2H6/c1-16-9(14)5-3-2-4-8-10-7(6-17-8)12-11(15)13-10;1-2/h7-8,10H,2-6H2,1H3,(H2,12,13,15);1-2H3. The van der Waals surface area contributed by atoms with Gasteiger partial charge in [-0.3, -0.25) is 4.79 Å². The number of ether oxygens (including phenoxy) is 1. The zero-order valence-electron chi connectivity index (χ0n) is 11.9. The number of fused-ring (bicyclic) bond motifs is 1. The third-order valence-electron chi connectivity index (χ3n) is 3.29. The molecule has 0 aromatic rings. The van der Waals surface area contributed by atoms with Gasteiger partial charge >= 0.3 is 12.0 Å². The first-order valence-electron chi connectivity index (χ1n) is 6.96. The highest BCUT2D eigenvalue weighted by Gasteiger charge is 2.42. The number of carbonyl (C=O) groups is 2. The van der Waals surface area contributed by atoms with E-state index in [9.17, 15) is 9.59 Å². The number of thioether (sulfide) groups is 1. The van der Waals surface area contributed by atoms with Gasteiger partial charge in [0.2, 0.25) is 0 Å². The Balaban J connectivity index is 0.000000861. The van der Waals surface area contributed by atoms with Crippen molar-refractivity contribution in [2.24, 2.45) is 0 Å². The Morgan fingerprint density at radius 2 is 2.11 bits per heavy atom. The van der Waals surface area contributed by atoms with Crippen LogP contribution in [0.4, 0.5) is 4.79 Å². The van der Waals surface area contributed by atoms with Gasteiger partial charge in [-0.2, -0.15) is 11.8 Å². The van der Waals surface area contributed by atoms with Gasteiger partial charge in [-0.1, -0.05) is 20.3 Å². The van der Waals surface area contributed by atoms with E-state index in [0.717, 1.165) is 25.0 Å². The van der Waals surface area contributed by atoms with Gasteiger partial charge in [-0.05, 0) is 12.8 Å². The summed E-state index contributed by atoms with van der Waals surface area (Å²) in [5.74, 6) is 0.850. The maximum absolute atomic E-state index is 11.2. The zero-order valence-corrected chi connectivity index (χ0v) is 12.7. The number of urea groups is 1. The van der Waals surface area contributed by atoms with Gasteiger partial charge < -0.3 is 15.4 Å². The molecule has 0 aliphatic carbocycles. The first kappa shape index (κ1) is 16.1. The third kappa shape index (κ3) is 4.60. The Kier molecular flexibility index (Phi) is 7.05. The van der Waals surface area contributed by atoms with Crippen LogP contribution in [0.15, 0.2) is 0 Å². The average Bonchev–Trinajstić information content (AvgIpc) is 2.96. The van der Waals surface area contributed by atoms with Gasteiger partial charge in [0.1, 0.15) is 0 Å². The number of rotatable bonds is 5. The summed E-state index contributed by atoms with van der Waals surface area (Å²) in [4.78, 5) is 22.1. The van der Waals surface area contributed by atoms with Gasteiger partial charge in [-0.25, -0.2) is 4.79 Å². The van der Waals surface area contributed by atoms with Crippen molar-refractivity contribution in [2.45, 2.75) is 56.9 Å². The van der Waals surface area contributed by atoms with E-state index in [0.29, 0.717) is 11.7 Å². The Hall–Kier alpha value is -0.910. The summed E-state index contributed by atoms with van der Waals surface area (Å²) in [7, 11) is 1.42. The fourth-order valence-electron chi connectivity index (χ4n) is 2.36. The molecule has 0 radical (unpaired) electrons. The molecule has 3 unspecified atom stereocenters. The number of methoxy groups -OCH3 is 1. The van der Waals surface area contributed by atoms with Crippen LogP contribution < -0.4 is 10.6 Å². The molecule has 0 bridgehead atoms. The van der Waals surface area contributed by atoms with Crippen molar-refractivity contribution in [1.29, 1.82) is 0 Å². The summed E-state index contributed by atoms with van der Waals surface area (Å²) in [6.07, 6.45) is 3.41. The Morgan fingerprint density at radius 1 is 1.37 bits per heavy atom. The fraction of sp³-hybridized carbons (Fsp3) is 0.846. The van der Waals surface area contributed by atoms with Crippen LogP contribution in [-0.4, -0.2) is 42.2 Å². The average molecular weight is 288 g/mol. The number of nitrogens with one attached hydrogen (secondary N) is 2. The van der Waals surface area contributed by atoms with Gasteiger partial charge in [0.15, 0.2) is 0 Å². The van der Waals surface area contributed by atoms with Crippen molar-refractivity contribution < 1.29 is 14.3 Å². The smallest absolute Gasteiger partial charge is 0.315 e. The van der Waals surface area contributed by atoms with Crippen LogP contribution >= 0.6 is 11.8 Å². The van der Waals surface area contributed by atoms with E-state index in [-0.39, 0.29) is 24.1 Å². The van der Waals surface area contributed by atoms with Crippen LogP contribution in [-0.2, 0) is 9.53 Å². The molecule has 2 heterocycles. The summed E-state index contributed by atoms with van der Waals surface area (Å²) in [6.45, 7) is 4.00. The van der Waals surface area contributed by atoms with Crippen molar-refractivity contribution in [3.63, 3.8) is 0 Å². The SMILES string of the molecule is CC.COC(=O)CCCCC1SCC2NC(=O)NC21. The fourth-order valence-corrected chi connectivity index (χ4v) is 3.90. The lowest BCUT2D eigenvalue weighted by Crippen LogP contribution is -2.36. The van der Waals surface area contributed by atoms with E-state index in [1.165, 1.54) is 7.11 Å². The molecule has 6 heteroatoms. The number of amides is 2. The molecule has 19 heavy (non-hydrogen) atoms. The van der Waals surface area contributed by atoms with E-state index in [2.05, 4.69) is 15.4 Å². The molecular formula is C13H24N2O3S. The summed E-state index contributed by atoms with van der Waals surface area (Å²) in [6, 6.07) is 0.517. The van der Waals surface area contributed by atoms with Crippen LogP contribution in [0.25, 0.3) is 0 Å². The van der Waals surface area contributed by atoms with Gasteiger partial charge in [-0.15, -0.1) is 0 Å². The highest BCUT2D eigenvalue weighted by Crippen LogP contribution is 2.33. The molecule has 2 rings (SSSR count). The normalized spacial score (nSPS) is 27.7. The first-order chi connectivity index (χ1) is 9.20. The summed E-state index contributed by atoms with van der Waals surface area (Å²) in [5.41, 5.74) is 0. The second kappa shape index (κ2) is 8.30. The van der Waals surface area contributed by atoms with Gasteiger partial charge in [0.05, 0.1) is 19.2 Å². The monoisotopic (exact) mass is 288 g/mol. The van der Waals surface area contributed by atoms with E-state index in [1.807, 2.05) is 25.6 Å². The predicted molar refractivity (Wildman–Crippen MR) is 77.3 cm³/mol. The maximum Gasteiger partial charge on any atom is 0.315 e. The molecule has 3 atom stereocenters. The van der Waals surface area contributed by atoms with Gasteiger partial charge in [0.25, 0.3) is 0 Å². The molecular weight excluding hydrogens is 264 g/mol. The maximum atomic E-state index is 11.2. The zero-order chi connectivity index (χ0) is 14.3. The topological polar surface area (TPSA) is 67.4 Å². The molecule has 2 amide bonds. The largest absolute Gasteiger partial charge is 0.469 e. The number of carbonyl (C=O) groups excluding carboxylic acids is 2. The quantitative estimate of drug-likeness (QED) is 0.461. The van der Waals surface area contributed by atoms with Crippen molar-refractivity contribution in [3.05, 3.63) is 0 Å². The van der Waals surface area contributed by atoms with Crippen LogP contribution in [0.1, 0.15) is 39.5 Å². The van der Waals surface area contributed by atoms with Crippen molar-refractivity contribution in [2.75, 3.05) is 12.9 Å². The highest BCUT2D eigenvalue weighted by atomic mass is 32.2. The molecule has 5 nitrogen and oxygen atoms in total. The molecule has 2 fully saturated rings. The van der Waals surface area contributed by atoms with Crippen LogP contribution in [0.3, 0.4) is 0 Å². The molecule has 0 aromatic carbocycles. The number of unbranched alkanes of at least 4 members (excludes halogenated alkanes) is 1. The van der Waals surface area contributed by atoms with E-state index in [4.69, 9.17) is 0 Å². The molecule has 2 saturated heterocycles. The molecule has 0 aromatic heterocycles. The van der Waals surface area contributed by atoms with E-state index >= 15 is 0 Å². The van der Waals surface area contributed by atoms with Crippen molar-refractivity contribution >= 4 is 23.8 Å². The lowest BCUT2D eigenvalue weighted by Gasteiger charge is -2.16. The molecule has 2 N–H and O–H groups in total. The minimum absolute atomic E-state index is 0.0418. The summed E-state index contributed by atoms with van der Waals surface area (Å²) < 4.78 is 4.59. The molecule has 0 saturated carbocycles. The number of hydrogen-bond acceptors (Lipinski definition) is 4. The minimum atomic E-state index is -0.141. The predicted octanol–water partition coefficient (Wildman–Crippen LogP) is 1.91. The summed E-state index contributed by atoms with van der Waals surface area (Å²) in [5, 5.41) is 6.37. The second-order valence-electron chi connectivity index (χ2n) is 4.44. The van der Waals surface area contributed by atoms with Crippen molar-refractivity contribution in [3.8, 4) is 0 Å². The minimum Gasteiger partial charge on any atom is -0.469 e. The van der Waals surface area contributed by atoms with Crippen LogP contribution in [0, 0.1) is 0 Å². The third-order valence-corrected chi connectivity index (χ3v) is 4.79. The molecule has 110 valence electrons. The van der Waals surface area contributed by atoms with Crippen LogP contribution in [0.2, 0.25) is 0 Å². The lowest BCUT2D eigenvalue weighted by molar-refractivity contribution is -0.140. The lowest BCUT2D eigenvalue weighted by atomic mass is 10.0. The Bertz CT molecular complexity index is 312. The van der Waals surface area contributed by atoms with E-state index < -0.39 is 0 Å². The first-order valence-corrected chi connectivity index (χ1v) is 8.01. The summed E-state index contributed by atoms with van der Waals surface area (Å²) >= 11 is 1.91. The number of esters is 1. The molecule has 2 aliphatic rings. The molecule has 2 aliphatic heterocycles. The Morgan fingerprint density at radius 3 is 2.79 bits per heavy atom. The van der Waals surface area contributed by atoms with Crippen molar-refractivity contribution in [1.82, 2.24) is 10.6 Å². The van der Waals surface area contributed by atoms with Gasteiger partial charge in [0, 0.05) is 17.4 Å². The number of hydrogen-bond donors (Lipinski definition) is 2. The molecule has 0 spiro atoms. The second-order valence-corrected chi connectivity index (χ2v) is 5.72. The highest BCUT2D eigenvalue weighted by molar-refractivity contribution is 8.00. The van der Waals surface area contributed by atoms with E-state index in [1.54, 1.807) is 0 Å². The van der Waals surface area contributed by atoms with Crippen LogP contribution in [0.5, 0.6) is 0 Å². The Labute approximate surface area is 119 Å².